The first-order chi connectivity index (χ1) is 6.83. The predicted octanol–water partition coefficient (Wildman–Crippen LogP) is 3.64. The number of halogens is 2. The van der Waals surface area contributed by atoms with Crippen molar-refractivity contribution in [3.8, 4) is 0 Å². The second kappa shape index (κ2) is 7.49. The SMILES string of the molecule is Clc1cccc(CNCCCCI)c1. The van der Waals surface area contributed by atoms with E-state index in [1.54, 1.807) is 0 Å². The van der Waals surface area contributed by atoms with Crippen LogP contribution in [0.25, 0.3) is 0 Å². The lowest BCUT2D eigenvalue weighted by Gasteiger charge is -2.04. The highest BCUT2D eigenvalue weighted by Crippen LogP contribution is 2.10. The van der Waals surface area contributed by atoms with E-state index < -0.39 is 0 Å². The zero-order chi connectivity index (χ0) is 10.2. The molecule has 0 atom stereocenters. The van der Waals surface area contributed by atoms with Crippen LogP contribution in [0.1, 0.15) is 18.4 Å². The molecule has 0 aromatic heterocycles. The number of alkyl halides is 1. The Labute approximate surface area is 104 Å². The Hall–Kier alpha value is 0.200. The van der Waals surface area contributed by atoms with Crippen LogP contribution in [0.3, 0.4) is 0 Å². The van der Waals surface area contributed by atoms with Gasteiger partial charge in [0, 0.05) is 11.6 Å². The number of benzene rings is 1. The van der Waals surface area contributed by atoms with Gasteiger partial charge in [-0.05, 0) is 41.5 Å². The highest BCUT2D eigenvalue weighted by atomic mass is 127. The lowest BCUT2D eigenvalue weighted by Crippen LogP contribution is -2.14. The predicted molar refractivity (Wildman–Crippen MR) is 71.3 cm³/mol. The van der Waals surface area contributed by atoms with Gasteiger partial charge in [-0.15, -0.1) is 0 Å². The van der Waals surface area contributed by atoms with Gasteiger partial charge in [-0.3, -0.25) is 0 Å². The number of unbranched alkanes of at least 4 members (excludes halogenated alkanes) is 1. The van der Waals surface area contributed by atoms with Crippen molar-refractivity contribution >= 4 is 34.2 Å². The minimum absolute atomic E-state index is 0.816. The lowest BCUT2D eigenvalue weighted by molar-refractivity contribution is 0.646. The fourth-order valence-corrected chi connectivity index (χ4v) is 1.98. The molecule has 0 aliphatic rings. The Balaban J connectivity index is 2.18. The quantitative estimate of drug-likeness (QED) is 0.479. The normalized spacial score (nSPS) is 10.4. The van der Waals surface area contributed by atoms with Gasteiger partial charge in [0.05, 0.1) is 0 Å². The van der Waals surface area contributed by atoms with Gasteiger partial charge >= 0.3 is 0 Å². The summed E-state index contributed by atoms with van der Waals surface area (Å²) in [6, 6.07) is 8.00. The number of hydrogen-bond acceptors (Lipinski definition) is 1. The molecule has 0 saturated heterocycles. The molecule has 0 radical (unpaired) electrons. The molecule has 0 spiro atoms. The van der Waals surface area contributed by atoms with E-state index in [1.165, 1.54) is 22.8 Å². The summed E-state index contributed by atoms with van der Waals surface area (Å²) < 4.78 is 1.25. The molecule has 0 amide bonds. The van der Waals surface area contributed by atoms with Crippen molar-refractivity contribution in [3.05, 3.63) is 34.9 Å². The van der Waals surface area contributed by atoms with Gasteiger partial charge < -0.3 is 5.32 Å². The molecule has 0 aliphatic carbocycles. The summed E-state index contributed by atoms with van der Waals surface area (Å²) in [5.41, 5.74) is 1.26. The van der Waals surface area contributed by atoms with Gasteiger partial charge in [0.15, 0.2) is 0 Å². The van der Waals surface area contributed by atoms with Gasteiger partial charge in [0.1, 0.15) is 0 Å². The molecule has 0 heterocycles. The van der Waals surface area contributed by atoms with E-state index in [4.69, 9.17) is 11.6 Å². The largest absolute Gasteiger partial charge is 0.313 e. The molecule has 0 bridgehead atoms. The van der Waals surface area contributed by atoms with E-state index in [0.29, 0.717) is 0 Å². The molecule has 1 aromatic rings. The Morgan fingerprint density at radius 3 is 2.86 bits per heavy atom. The summed E-state index contributed by atoms with van der Waals surface area (Å²) in [5.74, 6) is 0. The molecule has 0 fully saturated rings. The average molecular weight is 324 g/mol. The molecule has 1 aromatic carbocycles. The topological polar surface area (TPSA) is 12.0 Å². The van der Waals surface area contributed by atoms with Gasteiger partial charge in [-0.1, -0.05) is 46.3 Å². The second-order valence-electron chi connectivity index (χ2n) is 3.20. The van der Waals surface area contributed by atoms with E-state index >= 15 is 0 Å². The van der Waals surface area contributed by atoms with Crippen LogP contribution in [0.15, 0.2) is 24.3 Å². The molecule has 0 aliphatic heterocycles. The van der Waals surface area contributed by atoms with Crippen LogP contribution < -0.4 is 5.32 Å². The summed E-state index contributed by atoms with van der Waals surface area (Å²) in [4.78, 5) is 0. The van der Waals surface area contributed by atoms with Crippen LogP contribution in [-0.4, -0.2) is 11.0 Å². The second-order valence-corrected chi connectivity index (χ2v) is 4.72. The minimum Gasteiger partial charge on any atom is -0.313 e. The third kappa shape index (κ3) is 5.17. The van der Waals surface area contributed by atoms with E-state index in [0.717, 1.165) is 18.1 Å². The first kappa shape index (κ1) is 12.3. The fourth-order valence-electron chi connectivity index (χ4n) is 1.22. The summed E-state index contributed by atoms with van der Waals surface area (Å²) in [6.07, 6.45) is 2.55. The third-order valence-electron chi connectivity index (χ3n) is 1.96. The summed E-state index contributed by atoms with van der Waals surface area (Å²) in [6.45, 7) is 2.01. The number of hydrogen-bond donors (Lipinski definition) is 1. The van der Waals surface area contributed by atoms with Crippen molar-refractivity contribution in [2.45, 2.75) is 19.4 Å². The third-order valence-corrected chi connectivity index (χ3v) is 2.95. The maximum absolute atomic E-state index is 5.88. The van der Waals surface area contributed by atoms with Crippen molar-refractivity contribution in [1.82, 2.24) is 5.32 Å². The van der Waals surface area contributed by atoms with E-state index in [2.05, 4.69) is 34.0 Å². The Bertz CT molecular complexity index is 265. The van der Waals surface area contributed by atoms with Crippen LogP contribution in [0.5, 0.6) is 0 Å². The van der Waals surface area contributed by atoms with Gasteiger partial charge in [0.2, 0.25) is 0 Å². The molecular weight excluding hydrogens is 308 g/mol. The van der Waals surface area contributed by atoms with Crippen LogP contribution in [0, 0.1) is 0 Å². The minimum atomic E-state index is 0.816. The van der Waals surface area contributed by atoms with E-state index in [1.807, 2.05) is 18.2 Å². The Morgan fingerprint density at radius 2 is 2.14 bits per heavy atom. The van der Waals surface area contributed by atoms with Crippen LogP contribution in [-0.2, 0) is 6.54 Å². The number of rotatable bonds is 6. The fraction of sp³-hybridized carbons (Fsp3) is 0.455. The van der Waals surface area contributed by atoms with Crippen LogP contribution >= 0.6 is 34.2 Å². The summed E-state index contributed by atoms with van der Waals surface area (Å²) >= 11 is 8.29. The summed E-state index contributed by atoms with van der Waals surface area (Å²) in [5, 5.41) is 4.22. The smallest absolute Gasteiger partial charge is 0.0409 e. The van der Waals surface area contributed by atoms with Gasteiger partial charge in [-0.25, -0.2) is 0 Å². The average Bonchev–Trinajstić information content (AvgIpc) is 2.18. The zero-order valence-electron chi connectivity index (χ0n) is 8.10. The van der Waals surface area contributed by atoms with Crippen LogP contribution in [0.2, 0.25) is 5.02 Å². The number of nitrogens with one attached hydrogen (secondary N) is 1. The monoisotopic (exact) mass is 323 g/mol. The lowest BCUT2D eigenvalue weighted by atomic mass is 10.2. The first-order valence-corrected chi connectivity index (χ1v) is 6.74. The maximum Gasteiger partial charge on any atom is 0.0409 e. The van der Waals surface area contributed by atoms with E-state index in [9.17, 15) is 0 Å². The standard InChI is InChI=1S/C11H15ClIN/c12-11-5-3-4-10(8-11)9-14-7-2-1-6-13/h3-5,8,14H,1-2,6-7,9H2. The van der Waals surface area contributed by atoms with Crippen LogP contribution in [0.4, 0.5) is 0 Å². The molecule has 14 heavy (non-hydrogen) atoms. The van der Waals surface area contributed by atoms with Crippen molar-refractivity contribution in [2.75, 3.05) is 11.0 Å². The molecule has 1 N–H and O–H groups in total. The first-order valence-electron chi connectivity index (χ1n) is 4.84. The van der Waals surface area contributed by atoms with Gasteiger partial charge in [-0.2, -0.15) is 0 Å². The zero-order valence-corrected chi connectivity index (χ0v) is 11.0. The molecule has 0 unspecified atom stereocenters. The molecule has 3 heteroatoms. The van der Waals surface area contributed by atoms with Crippen molar-refractivity contribution in [2.24, 2.45) is 0 Å². The molecule has 1 nitrogen and oxygen atoms in total. The van der Waals surface area contributed by atoms with E-state index in [-0.39, 0.29) is 0 Å². The van der Waals surface area contributed by atoms with Crippen molar-refractivity contribution < 1.29 is 0 Å². The summed E-state index contributed by atoms with van der Waals surface area (Å²) in [7, 11) is 0. The molecule has 0 saturated carbocycles. The molecule has 78 valence electrons. The molecule has 1 rings (SSSR count). The maximum atomic E-state index is 5.88. The van der Waals surface area contributed by atoms with Gasteiger partial charge in [0.25, 0.3) is 0 Å². The van der Waals surface area contributed by atoms with Crippen molar-refractivity contribution in [1.29, 1.82) is 0 Å². The molecular formula is C11H15ClIN. The Kier molecular flexibility index (Phi) is 6.56. The Morgan fingerprint density at radius 1 is 1.29 bits per heavy atom. The van der Waals surface area contributed by atoms with Crippen molar-refractivity contribution in [3.63, 3.8) is 0 Å². The highest BCUT2D eigenvalue weighted by molar-refractivity contribution is 14.1. The highest BCUT2D eigenvalue weighted by Gasteiger charge is 1.93.